The summed E-state index contributed by atoms with van der Waals surface area (Å²) >= 11 is 2.94. The largest absolute Gasteiger partial charge is 0.417 e. The number of alkyl halides is 3. The zero-order valence-electron chi connectivity index (χ0n) is 11.1. The zero-order chi connectivity index (χ0) is 15.8. The number of halogens is 4. The lowest BCUT2D eigenvalue weighted by molar-refractivity contribution is -0.140. The Bertz CT molecular complexity index is 634. The normalized spacial score (nSPS) is 21.5. The Morgan fingerprint density at radius 2 is 2.05 bits per heavy atom. The second-order valence-corrected chi connectivity index (χ2v) is 7.58. The second kappa shape index (κ2) is 5.86. The molecule has 1 fully saturated rings. The summed E-state index contributed by atoms with van der Waals surface area (Å²) in [6.45, 7) is 2.64. The van der Waals surface area contributed by atoms with E-state index in [-0.39, 0.29) is 11.0 Å². The van der Waals surface area contributed by atoms with Crippen LogP contribution in [0.25, 0.3) is 0 Å². The smallest absolute Gasteiger partial charge is 0.314 e. The monoisotopic (exact) mass is 386 g/mol. The van der Waals surface area contributed by atoms with E-state index in [4.69, 9.17) is 0 Å². The van der Waals surface area contributed by atoms with Gasteiger partial charge in [-0.15, -0.1) is 0 Å². The van der Waals surface area contributed by atoms with Crippen LogP contribution < -0.4 is 5.32 Å². The maximum atomic E-state index is 13.1. The molecule has 1 saturated heterocycles. The van der Waals surface area contributed by atoms with E-state index in [0.29, 0.717) is 13.1 Å². The summed E-state index contributed by atoms with van der Waals surface area (Å²) in [5.41, 5.74) is -1.15. The van der Waals surface area contributed by atoms with Gasteiger partial charge in [0.15, 0.2) is 0 Å². The molecule has 9 heteroatoms. The maximum Gasteiger partial charge on any atom is 0.417 e. The average molecular weight is 387 g/mol. The SMILES string of the molecule is CC1CNCCN1S(=O)(=O)c1ccc(Br)cc1C(F)(F)F. The minimum atomic E-state index is -4.73. The van der Waals surface area contributed by atoms with Crippen molar-refractivity contribution in [2.75, 3.05) is 19.6 Å². The Balaban J connectivity index is 2.54. The van der Waals surface area contributed by atoms with Crippen LogP contribution in [-0.4, -0.2) is 38.4 Å². The molecule has 1 aliphatic heterocycles. The van der Waals surface area contributed by atoms with Gasteiger partial charge in [-0.2, -0.15) is 17.5 Å². The van der Waals surface area contributed by atoms with E-state index in [1.54, 1.807) is 6.92 Å². The van der Waals surface area contributed by atoms with Gasteiger partial charge in [0, 0.05) is 30.1 Å². The standard InChI is InChI=1S/C12H14BrF3N2O2S/c1-8-7-17-4-5-18(8)21(19,20)11-3-2-9(13)6-10(11)12(14,15)16/h2-3,6,8,17H,4-5,7H2,1H3. The highest BCUT2D eigenvalue weighted by Gasteiger charge is 2.40. The highest BCUT2D eigenvalue weighted by atomic mass is 79.9. The number of nitrogens with one attached hydrogen (secondary N) is 1. The predicted molar refractivity (Wildman–Crippen MR) is 75.4 cm³/mol. The fourth-order valence-electron chi connectivity index (χ4n) is 2.25. The van der Waals surface area contributed by atoms with Gasteiger partial charge >= 0.3 is 6.18 Å². The first-order valence-corrected chi connectivity index (χ1v) is 8.46. The van der Waals surface area contributed by atoms with Gasteiger partial charge in [-0.05, 0) is 25.1 Å². The van der Waals surface area contributed by atoms with Crippen molar-refractivity contribution in [1.82, 2.24) is 9.62 Å². The number of piperazine rings is 1. The summed E-state index contributed by atoms with van der Waals surface area (Å²) in [4.78, 5) is -0.702. The van der Waals surface area contributed by atoms with Crippen molar-refractivity contribution >= 4 is 26.0 Å². The molecule has 1 atom stereocenters. The molecule has 2 rings (SSSR count). The molecule has 21 heavy (non-hydrogen) atoms. The molecule has 118 valence electrons. The summed E-state index contributed by atoms with van der Waals surface area (Å²) < 4.78 is 65.7. The molecule has 0 saturated carbocycles. The van der Waals surface area contributed by atoms with Crippen LogP contribution in [0.15, 0.2) is 27.6 Å². The quantitative estimate of drug-likeness (QED) is 0.849. The first-order valence-electron chi connectivity index (χ1n) is 6.23. The van der Waals surface area contributed by atoms with Gasteiger partial charge in [-0.25, -0.2) is 8.42 Å². The first-order chi connectivity index (χ1) is 9.64. The van der Waals surface area contributed by atoms with E-state index >= 15 is 0 Å². The Hall–Kier alpha value is -0.640. The van der Waals surface area contributed by atoms with Gasteiger partial charge in [-0.3, -0.25) is 0 Å². The van der Waals surface area contributed by atoms with Gasteiger partial charge < -0.3 is 5.32 Å². The summed E-state index contributed by atoms with van der Waals surface area (Å²) in [5, 5.41) is 3.01. The molecule has 0 aliphatic carbocycles. The third-order valence-corrected chi connectivity index (χ3v) is 5.84. The summed E-state index contributed by atoms with van der Waals surface area (Å²) in [5.74, 6) is 0. The van der Waals surface area contributed by atoms with Crippen LogP contribution in [0.2, 0.25) is 0 Å². The average Bonchev–Trinajstić information content (AvgIpc) is 2.37. The molecule has 0 bridgehead atoms. The minimum absolute atomic E-state index is 0.150. The van der Waals surface area contributed by atoms with Gasteiger partial charge in [0.25, 0.3) is 0 Å². The fourth-order valence-corrected chi connectivity index (χ4v) is 4.44. The molecule has 1 unspecified atom stereocenters. The molecule has 1 aromatic rings. The van der Waals surface area contributed by atoms with E-state index in [9.17, 15) is 21.6 Å². The van der Waals surface area contributed by atoms with Crippen molar-refractivity contribution < 1.29 is 21.6 Å². The van der Waals surface area contributed by atoms with Crippen LogP contribution in [0.5, 0.6) is 0 Å². The zero-order valence-corrected chi connectivity index (χ0v) is 13.5. The number of benzene rings is 1. The van der Waals surface area contributed by atoms with E-state index < -0.39 is 32.7 Å². The van der Waals surface area contributed by atoms with Crippen LogP contribution in [0.1, 0.15) is 12.5 Å². The van der Waals surface area contributed by atoms with Gasteiger partial charge in [0.1, 0.15) is 0 Å². The lowest BCUT2D eigenvalue weighted by Gasteiger charge is -2.33. The minimum Gasteiger partial charge on any atom is -0.314 e. The van der Waals surface area contributed by atoms with Crippen LogP contribution in [0.4, 0.5) is 13.2 Å². The Morgan fingerprint density at radius 1 is 1.38 bits per heavy atom. The van der Waals surface area contributed by atoms with Crippen molar-refractivity contribution in [2.24, 2.45) is 0 Å². The lowest BCUT2D eigenvalue weighted by Crippen LogP contribution is -2.52. The molecule has 0 radical (unpaired) electrons. The molecule has 0 amide bonds. The highest BCUT2D eigenvalue weighted by molar-refractivity contribution is 9.10. The van der Waals surface area contributed by atoms with E-state index in [1.807, 2.05) is 0 Å². The Labute approximate surface area is 129 Å². The predicted octanol–water partition coefficient (Wildman–Crippen LogP) is 2.45. The van der Waals surface area contributed by atoms with Gasteiger partial charge in [0.2, 0.25) is 10.0 Å². The maximum absolute atomic E-state index is 13.1. The fraction of sp³-hybridized carbons (Fsp3) is 0.500. The molecular formula is C12H14BrF3N2O2S. The Morgan fingerprint density at radius 3 is 2.62 bits per heavy atom. The van der Waals surface area contributed by atoms with E-state index in [1.165, 1.54) is 6.07 Å². The number of hydrogen-bond donors (Lipinski definition) is 1. The van der Waals surface area contributed by atoms with Crippen LogP contribution in [-0.2, 0) is 16.2 Å². The number of nitrogens with zero attached hydrogens (tertiary/aromatic N) is 1. The van der Waals surface area contributed by atoms with Crippen LogP contribution in [0.3, 0.4) is 0 Å². The van der Waals surface area contributed by atoms with Gasteiger partial charge in [0.05, 0.1) is 10.5 Å². The number of hydrogen-bond acceptors (Lipinski definition) is 3. The molecule has 0 aromatic heterocycles. The summed E-state index contributed by atoms with van der Waals surface area (Å²) in [6, 6.07) is 2.69. The van der Waals surface area contributed by atoms with E-state index in [2.05, 4.69) is 21.2 Å². The number of rotatable bonds is 2. The third kappa shape index (κ3) is 3.41. The molecule has 1 aliphatic rings. The lowest BCUT2D eigenvalue weighted by atomic mass is 10.2. The van der Waals surface area contributed by atoms with Crippen molar-refractivity contribution in [3.8, 4) is 0 Å². The number of sulfonamides is 1. The first kappa shape index (κ1) is 16.7. The summed E-state index contributed by atoms with van der Waals surface area (Å²) in [6.07, 6.45) is -4.73. The molecule has 4 nitrogen and oxygen atoms in total. The summed E-state index contributed by atoms with van der Waals surface area (Å²) in [7, 11) is -4.19. The van der Waals surface area contributed by atoms with Gasteiger partial charge in [-0.1, -0.05) is 15.9 Å². The van der Waals surface area contributed by atoms with Crippen molar-refractivity contribution in [3.05, 3.63) is 28.2 Å². The van der Waals surface area contributed by atoms with E-state index in [0.717, 1.165) is 16.4 Å². The molecular weight excluding hydrogens is 373 g/mol. The molecule has 1 heterocycles. The topological polar surface area (TPSA) is 49.4 Å². The van der Waals surface area contributed by atoms with Crippen molar-refractivity contribution in [1.29, 1.82) is 0 Å². The molecule has 1 N–H and O–H groups in total. The van der Waals surface area contributed by atoms with Crippen LogP contribution >= 0.6 is 15.9 Å². The van der Waals surface area contributed by atoms with Crippen molar-refractivity contribution in [2.45, 2.75) is 24.0 Å². The molecule has 1 aromatic carbocycles. The Kier molecular flexibility index (Phi) is 4.67. The third-order valence-electron chi connectivity index (χ3n) is 3.27. The second-order valence-electron chi connectivity index (χ2n) is 4.81. The molecule has 0 spiro atoms. The highest BCUT2D eigenvalue weighted by Crippen LogP contribution is 2.37. The van der Waals surface area contributed by atoms with Crippen molar-refractivity contribution in [3.63, 3.8) is 0 Å². The van der Waals surface area contributed by atoms with Crippen LogP contribution in [0, 0.1) is 0 Å².